The molecule has 0 aliphatic rings. The van der Waals surface area contributed by atoms with E-state index >= 15 is 0 Å². The second-order valence-corrected chi connectivity index (χ2v) is 4.71. The van der Waals surface area contributed by atoms with Crippen molar-refractivity contribution in [2.24, 2.45) is 0 Å². The quantitative estimate of drug-likeness (QED) is 0.835. The van der Waals surface area contributed by atoms with Crippen LogP contribution in [0.1, 0.15) is 0 Å². The zero-order chi connectivity index (χ0) is 14.0. The molecular formula is C13H11BrF2N2O. The van der Waals surface area contributed by atoms with Crippen LogP contribution in [0.5, 0.6) is 5.75 Å². The van der Waals surface area contributed by atoms with Gasteiger partial charge in [-0.15, -0.1) is 0 Å². The minimum atomic E-state index is -0.714. The molecule has 0 fully saturated rings. The fourth-order valence-electron chi connectivity index (χ4n) is 1.63. The van der Waals surface area contributed by atoms with E-state index in [9.17, 15) is 8.78 Å². The summed E-state index contributed by atoms with van der Waals surface area (Å²) in [5, 5.41) is 2.63. The number of nitrogen functional groups attached to an aromatic ring is 1. The maximum Gasteiger partial charge on any atom is 0.150 e. The van der Waals surface area contributed by atoms with E-state index in [2.05, 4.69) is 21.2 Å². The molecule has 19 heavy (non-hydrogen) atoms. The van der Waals surface area contributed by atoms with Gasteiger partial charge in [-0.2, -0.15) is 0 Å². The minimum absolute atomic E-state index is 0.261. The molecule has 0 spiro atoms. The zero-order valence-electron chi connectivity index (χ0n) is 10.0. The third kappa shape index (κ3) is 2.78. The van der Waals surface area contributed by atoms with E-state index < -0.39 is 11.6 Å². The highest BCUT2D eigenvalue weighted by atomic mass is 79.9. The fourth-order valence-corrected chi connectivity index (χ4v) is 2.03. The Labute approximate surface area is 117 Å². The molecule has 2 rings (SSSR count). The van der Waals surface area contributed by atoms with Gasteiger partial charge in [0.2, 0.25) is 0 Å². The van der Waals surface area contributed by atoms with Gasteiger partial charge in [-0.05, 0) is 24.3 Å². The Morgan fingerprint density at radius 1 is 1.21 bits per heavy atom. The lowest BCUT2D eigenvalue weighted by Gasteiger charge is -2.13. The van der Waals surface area contributed by atoms with E-state index in [1.54, 1.807) is 18.2 Å². The molecule has 0 atom stereocenters. The minimum Gasteiger partial charge on any atom is -0.495 e. The number of nitrogens with two attached hydrogens (primary N) is 1. The van der Waals surface area contributed by atoms with Crippen LogP contribution in [0.2, 0.25) is 0 Å². The summed E-state index contributed by atoms with van der Waals surface area (Å²) >= 11 is 3.02. The normalized spacial score (nSPS) is 10.3. The first-order chi connectivity index (χ1) is 9.02. The number of anilines is 3. The lowest BCUT2D eigenvalue weighted by Crippen LogP contribution is -2.02. The molecule has 0 heterocycles. The lowest BCUT2D eigenvalue weighted by atomic mass is 10.2. The van der Waals surface area contributed by atoms with Gasteiger partial charge >= 0.3 is 0 Å². The maximum atomic E-state index is 13.7. The van der Waals surface area contributed by atoms with Crippen LogP contribution in [-0.2, 0) is 0 Å². The van der Waals surface area contributed by atoms with Crippen molar-refractivity contribution in [1.29, 1.82) is 0 Å². The first-order valence-corrected chi connectivity index (χ1v) is 6.16. The highest BCUT2D eigenvalue weighted by Crippen LogP contribution is 2.33. The van der Waals surface area contributed by atoms with Crippen LogP contribution in [0, 0.1) is 11.6 Å². The number of methoxy groups -OCH3 is 1. The standard InChI is InChI=1S/C13H11BrF2N2O/c1-19-11-4-2-3-10(12(11)17)18-13-8(15)5-7(14)6-9(13)16/h2-6,18H,17H2,1H3. The molecule has 0 unspecified atom stereocenters. The molecule has 0 radical (unpaired) electrons. The Hall–Kier alpha value is -1.82. The number of halogens is 3. The zero-order valence-corrected chi connectivity index (χ0v) is 11.6. The molecule has 2 aromatic carbocycles. The number of hydrogen-bond acceptors (Lipinski definition) is 3. The van der Waals surface area contributed by atoms with E-state index in [0.717, 1.165) is 0 Å². The van der Waals surface area contributed by atoms with E-state index in [-0.39, 0.29) is 11.4 Å². The van der Waals surface area contributed by atoms with Crippen molar-refractivity contribution >= 4 is 33.0 Å². The lowest BCUT2D eigenvalue weighted by molar-refractivity contribution is 0.417. The third-order valence-electron chi connectivity index (χ3n) is 2.55. The molecule has 0 aromatic heterocycles. The molecule has 0 amide bonds. The van der Waals surface area contributed by atoms with Gasteiger partial charge in [0.15, 0.2) is 11.6 Å². The molecule has 0 aliphatic carbocycles. The highest BCUT2D eigenvalue weighted by Gasteiger charge is 2.13. The molecule has 2 aromatic rings. The van der Waals surface area contributed by atoms with Gasteiger partial charge in [0.1, 0.15) is 11.4 Å². The van der Waals surface area contributed by atoms with E-state index in [0.29, 0.717) is 15.9 Å². The van der Waals surface area contributed by atoms with Crippen LogP contribution >= 0.6 is 15.9 Å². The van der Waals surface area contributed by atoms with Crippen molar-refractivity contribution in [3.05, 3.63) is 46.4 Å². The molecule has 0 saturated heterocycles. The second kappa shape index (κ2) is 5.44. The Bertz CT molecular complexity index is 597. The van der Waals surface area contributed by atoms with E-state index in [4.69, 9.17) is 10.5 Å². The largest absolute Gasteiger partial charge is 0.495 e. The molecule has 100 valence electrons. The van der Waals surface area contributed by atoms with Gasteiger partial charge in [0.05, 0.1) is 18.5 Å². The summed E-state index contributed by atoms with van der Waals surface area (Å²) in [6.07, 6.45) is 0. The Kier molecular flexibility index (Phi) is 3.90. The molecule has 0 bridgehead atoms. The maximum absolute atomic E-state index is 13.7. The molecule has 0 aliphatic heterocycles. The van der Waals surface area contributed by atoms with E-state index in [1.807, 2.05) is 0 Å². The number of rotatable bonds is 3. The fraction of sp³-hybridized carbons (Fsp3) is 0.0769. The van der Waals surface area contributed by atoms with Gasteiger partial charge in [-0.25, -0.2) is 8.78 Å². The molecule has 3 nitrogen and oxygen atoms in total. The van der Waals surface area contributed by atoms with Gasteiger partial charge in [0.25, 0.3) is 0 Å². The van der Waals surface area contributed by atoms with Gasteiger partial charge in [0, 0.05) is 4.47 Å². The smallest absolute Gasteiger partial charge is 0.150 e. The monoisotopic (exact) mass is 328 g/mol. The summed E-state index contributed by atoms with van der Waals surface area (Å²) in [6.45, 7) is 0. The second-order valence-electron chi connectivity index (χ2n) is 3.79. The first kappa shape index (κ1) is 13.6. The number of benzene rings is 2. The summed E-state index contributed by atoms with van der Waals surface area (Å²) in [7, 11) is 1.47. The van der Waals surface area contributed by atoms with Gasteiger partial charge < -0.3 is 15.8 Å². The first-order valence-electron chi connectivity index (χ1n) is 5.37. The Balaban J connectivity index is 2.42. The number of nitrogens with one attached hydrogen (secondary N) is 1. The Morgan fingerprint density at radius 3 is 2.42 bits per heavy atom. The highest BCUT2D eigenvalue weighted by molar-refractivity contribution is 9.10. The van der Waals surface area contributed by atoms with Crippen LogP contribution in [0.3, 0.4) is 0 Å². The van der Waals surface area contributed by atoms with Crippen molar-refractivity contribution < 1.29 is 13.5 Å². The predicted octanol–water partition coefficient (Wildman–Crippen LogP) is 4.06. The average molecular weight is 329 g/mol. The average Bonchev–Trinajstić information content (AvgIpc) is 2.35. The van der Waals surface area contributed by atoms with Gasteiger partial charge in [-0.3, -0.25) is 0 Å². The number of hydrogen-bond donors (Lipinski definition) is 2. The topological polar surface area (TPSA) is 47.3 Å². The van der Waals surface area contributed by atoms with Crippen LogP contribution in [0.15, 0.2) is 34.8 Å². The SMILES string of the molecule is COc1cccc(Nc2c(F)cc(Br)cc2F)c1N. The van der Waals surface area contributed by atoms with Crippen molar-refractivity contribution in [2.75, 3.05) is 18.2 Å². The summed E-state index contributed by atoms with van der Waals surface area (Å²) in [5.74, 6) is -0.994. The summed E-state index contributed by atoms with van der Waals surface area (Å²) in [5.41, 5.74) is 6.23. The number of para-hydroxylation sites is 1. The molecular weight excluding hydrogens is 318 g/mol. The van der Waals surface area contributed by atoms with Crippen LogP contribution in [-0.4, -0.2) is 7.11 Å². The van der Waals surface area contributed by atoms with Crippen LogP contribution in [0.4, 0.5) is 25.8 Å². The third-order valence-corrected chi connectivity index (χ3v) is 3.01. The van der Waals surface area contributed by atoms with Crippen molar-refractivity contribution in [3.8, 4) is 5.75 Å². The Morgan fingerprint density at radius 2 is 1.84 bits per heavy atom. The predicted molar refractivity (Wildman–Crippen MR) is 74.7 cm³/mol. The van der Waals surface area contributed by atoms with Crippen LogP contribution < -0.4 is 15.8 Å². The number of ether oxygens (including phenoxy) is 1. The van der Waals surface area contributed by atoms with Gasteiger partial charge in [-0.1, -0.05) is 22.0 Å². The summed E-state index contributed by atoms with van der Waals surface area (Å²) < 4.78 is 32.8. The molecule has 6 heteroatoms. The summed E-state index contributed by atoms with van der Waals surface area (Å²) in [4.78, 5) is 0. The molecule has 0 saturated carbocycles. The van der Waals surface area contributed by atoms with E-state index in [1.165, 1.54) is 19.2 Å². The van der Waals surface area contributed by atoms with Crippen molar-refractivity contribution in [1.82, 2.24) is 0 Å². The van der Waals surface area contributed by atoms with Crippen molar-refractivity contribution in [3.63, 3.8) is 0 Å². The summed E-state index contributed by atoms with van der Waals surface area (Å²) in [6, 6.07) is 7.28. The van der Waals surface area contributed by atoms with Crippen LogP contribution in [0.25, 0.3) is 0 Å². The molecule has 3 N–H and O–H groups in total. The van der Waals surface area contributed by atoms with Crippen molar-refractivity contribution in [2.45, 2.75) is 0 Å².